The second kappa shape index (κ2) is 11.0. The van der Waals surface area contributed by atoms with E-state index in [1.807, 2.05) is 6.92 Å². The van der Waals surface area contributed by atoms with Crippen LogP contribution in [-0.4, -0.2) is 46.4 Å². The van der Waals surface area contributed by atoms with Crippen LogP contribution in [0.25, 0.3) is 6.08 Å². The molecule has 1 amide bonds. The monoisotopic (exact) mass is 351 g/mol. The van der Waals surface area contributed by atoms with E-state index < -0.39 is 5.97 Å². The molecule has 0 fully saturated rings. The molecule has 0 spiro atoms. The first-order chi connectivity index (χ1) is 12.0. The van der Waals surface area contributed by atoms with Crippen LogP contribution < -0.4 is 19.5 Å². The van der Waals surface area contributed by atoms with Crippen molar-refractivity contribution in [2.45, 2.75) is 19.8 Å². The van der Waals surface area contributed by atoms with Crippen molar-refractivity contribution in [2.24, 2.45) is 0 Å². The average Bonchev–Trinajstić information content (AvgIpc) is 2.63. The largest absolute Gasteiger partial charge is 0.493 e. The van der Waals surface area contributed by atoms with Gasteiger partial charge in [-0.3, -0.25) is 4.79 Å². The normalized spacial score (nSPS) is 10.4. The Bertz CT molecular complexity index is 587. The van der Waals surface area contributed by atoms with Crippen LogP contribution in [0.4, 0.5) is 0 Å². The van der Waals surface area contributed by atoms with E-state index in [9.17, 15) is 9.59 Å². The van der Waals surface area contributed by atoms with Crippen LogP contribution in [0.15, 0.2) is 18.2 Å². The molecule has 0 unspecified atom stereocenters. The SMILES string of the molecule is CCCCNC(=O)COC(=O)/C=C/c1cc(OC)c(OC)c(OC)c1. The van der Waals surface area contributed by atoms with Crippen LogP contribution in [0.5, 0.6) is 17.2 Å². The van der Waals surface area contributed by atoms with Crippen molar-refractivity contribution in [2.75, 3.05) is 34.5 Å². The molecule has 0 radical (unpaired) electrons. The Hall–Kier alpha value is -2.70. The van der Waals surface area contributed by atoms with Gasteiger partial charge in [0.1, 0.15) is 0 Å². The van der Waals surface area contributed by atoms with E-state index in [2.05, 4.69) is 5.32 Å². The number of nitrogens with one attached hydrogen (secondary N) is 1. The van der Waals surface area contributed by atoms with E-state index >= 15 is 0 Å². The molecule has 1 rings (SSSR count). The summed E-state index contributed by atoms with van der Waals surface area (Å²) < 4.78 is 20.6. The molecular formula is C18H25NO6. The van der Waals surface area contributed by atoms with Crippen molar-refractivity contribution in [3.63, 3.8) is 0 Å². The first-order valence-electron chi connectivity index (χ1n) is 7.97. The Kier molecular flexibility index (Phi) is 8.92. The minimum absolute atomic E-state index is 0.303. The summed E-state index contributed by atoms with van der Waals surface area (Å²) in [7, 11) is 4.53. The molecule has 0 heterocycles. The van der Waals surface area contributed by atoms with Gasteiger partial charge in [0.05, 0.1) is 21.3 Å². The Morgan fingerprint density at radius 1 is 1.08 bits per heavy atom. The minimum atomic E-state index is -0.612. The van der Waals surface area contributed by atoms with Gasteiger partial charge in [0.15, 0.2) is 18.1 Å². The Morgan fingerprint density at radius 2 is 1.72 bits per heavy atom. The predicted octanol–water partition coefficient (Wildman–Crippen LogP) is 2.19. The van der Waals surface area contributed by atoms with Crippen LogP contribution in [0, 0.1) is 0 Å². The molecule has 25 heavy (non-hydrogen) atoms. The van der Waals surface area contributed by atoms with E-state index in [4.69, 9.17) is 18.9 Å². The maximum absolute atomic E-state index is 11.7. The van der Waals surface area contributed by atoms with Gasteiger partial charge >= 0.3 is 5.97 Å². The molecule has 0 saturated carbocycles. The van der Waals surface area contributed by atoms with Crippen molar-refractivity contribution in [3.05, 3.63) is 23.8 Å². The van der Waals surface area contributed by atoms with Gasteiger partial charge in [-0.25, -0.2) is 4.79 Å². The summed E-state index contributed by atoms with van der Waals surface area (Å²) in [4.78, 5) is 23.2. The number of amides is 1. The molecule has 7 nitrogen and oxygen atoms in total. The molecule has 0 aliphatic carbocycles. The molecule has 0 aromatic heterocycles. The van der Waals surface area contributed by atoms with E-state index in [0.717, 1.165) is 12.8 Å². The summed E-state index contributed by atoms with van der Waals surface area (Å²) in [6.45, 7) is 2.30. The van der Waals surface area contributed by atoms with Gasteiger partial charge in [-0.05, 0) is 30.2 Å². The van der Waals surface area contributed by atoms with Gasteiger partial charge in [-0.15, -0.1) is 0 Å². The lowest BCUT2D eigenvalue weighted by atomic mass is 10.1. The zero-order chi connectivity index (χ0) is 18.7. The fourth-order valence-electron chi connectivity index (χ4n) is 2.00. The third-order valence-electron chi connectivity index (χ3n) is 3.30. The van der Waals surface area contributed by atoms with Gasteiger partial charge in [-0.1, -0.05) is 13.3 Å². The summed E-state index contributed by atoms with van der Waals surface area (Å²) in [6.07, 6.45) is 4.65. The lowest BCUT2D eigenvalue weighted by Crippen LogP contribution is -2.29. The van der Waals surface area contributed by atoms with E-state index in [1.54, 1.807) is 18.2 Å². The Balaban J connectivity index is 2.65. The van der Waals surface area contributed by atoms with Crippen molar-refractivity contribution in [3.8, 4) is 17.2 Å². The number of rotatable bonds is 10. The molecule has 0 atom stereocenters. The highest BCUT2D eigenvalue weighted by molar-refractivity contribution is 5.89. The maximum Gasteiger partial charge on any atom is 0.331 e. The van der Waals surface area contributed by atoms with Crippen LogP contribution in [0.3, 0.4) is 0 Å². The topological polar surface area (TPSA) is 83.1 Å². The highest BCUT2D eigenvalue weighted by Gasteiger charge is 2.12. The van der Waals surface area contributed by atoms with Gasteiger partial charge in [-0.2, -0.15) is 0 Å². The lowest BCUT2D eigenvalue weighted by Gasteiger charge is -2.12. The Labute approximate surface area is 147 Å². The molecule has 1 N–H and O–H groups in total. The Morgan fingerprint density at radius 3 is 2.24 bits per heavy atom. The van der Waals surface area contributed by atoms with Crippen LogP contribution >= 0.6 is 0 Å². The lowest BCUT2D eigenvalue weighted by molar-refractivity contribution is -0.143. The van der Waals surface area contributed by atoms with Crippen LogP contribution in [0.2, 0.25) is 0 Å². The zero-order valence-electron chi connectivity index (χ0n) is 15.1. The molecule has 0 bridgehead atoms. The van der Waals surface area contributed by atoms with E-state index in [0.29, 0.717) is 29.4 Å². The smallest absolute Gasteiger partial charge is 0.331 e. The highest BCUT2D eigenvalue weighted by Crippen LogP contribution is 2.38. The molecule has 7 heteroatoms. The summed E-state index contributed by atoms with van der Waals surface area (Å²) in [5.74, 6) is 0.492. The van der Waals surface area contributed by atoms with Gasteiger partial charge in [0, 0.05) is 12.6 Å². The first kappa shape index (κ1) is 20.3. The minimum Gasteiger partial charge on any atom is -0.493 e. The number of hydrogen-bond donors (Lipinski definition) is 1. The quantitative estimate of drug-likeness (QED) is 0.395. The third kappa shape index (κ3) is 6.74. The van der Waals surface area contributed by atoms with Crippen LogP contribution in [0.1, 0.15) is 25.3 Å². The zero-order valence-corrected chi connectivity index (χ0v) is 15.1. The molecule has 1 aromatic carbocycles. The fourth-order valence-corrected chi connectivity index (χ4v) is 2.00. The fraction of sp³-hybridized carbons (Fsp3) is 0.444. The average molecular weight is 351 g/mol. The van der Waals surface area contributed by atoms with Crippen molar-refractivity contribution >= 4 is 18.0 Å². The second-order valence-electron chi connectivity index (χ2n) is 5.10. The van der Waals surface area contributed by atoms with E-state index in [1.165, 1.54) is 27.4 Å². The van der Waals surface area contributed by atoms with Crippen LogP contribution in [-0.2, 0) is 14.3 Å². The highest BCUT2D eigenvalue weighted by atomic mass is 16.5. The predicted molar refractivity (Wildman–Crippen MR) is 94.0 cm³/mol. The second-order valence-corrected chi connectivity index (χ2v) is 5.10. The number of carbonyl (C=O) groups excluding carboxylic acids is 2. The van der Waals surface area contributed by atoms with Crippen molar-refractivity contribution in [1.82, 2.24) is 5.32 Å². The van der Waals surface area contributed by atoms with Gasteiger partial charge < -0.3 is 24.3 Å². The number of ether oxygens (including phenoxy) is 4. The number of carbonyl (C=O) groups is 2. The summed E-state index contributed by atoms with van der Waals surface area (Å²) in [6, 6.07) is 3.39. The van der Waals surface area contributed by atoms with E-state index in [-0.39, 0.29) is 12.5 Å². The van der Waals surface area contributed by atoms with Gasteiger partial charge in [0.2, 0.25) is 5.75 Å². The number of benzene rings is 1. The third-order valence-corrected chi connectivity index (χ3v) is 3.30. The molecule has 0 aliphatic heterocycles. The summed E-state index contributed by atoms with van der Waals surface area (Å²) in [5, 5.41) is 2.67. The molecule has 1 aromatic rings. The van der Waals surface area contributed by atoms with Crippen molar-refractivity contribution in [1.29, 1.82) is 0 Å². The van der Waals surface area contributed by atoms with Crippen molar-refractivity contribution < 1.29 is 28.5 Å². The number of esters is 1. The molecule has 0 aliphatic rings. The van der Waals surface area contributed by atoms with Gasteiger partial charge in [0.25, 0.3) is 5.91 Å². The first-order valence-corrected chi connectivity index (χ1v) is 7.97. The molecule has 138 valence electrons. The number of unbranched alkanes of at least 4 members (excludes halogenated alkanes) is 1. The number of hydrogen-bond acceptors (Lipinski definition) is 6. The molecular weight excluding hydrogens is 326 g/mol. The maximum atomic E-state index is 11.7. The number of methoxy groups -OCH3 is 3. The standard InChI is InChI=1S/C18H25NO6/c1-5-6-9-19-16(20)12-25-17(21)8-7-13-10-14(22-2)18(24-4)15(11-13)23-3/h7-8,10-11H,5-6,9,12H2,1-4H3,(H,19,20)/b8-7+. The summed E-state index contributed by atoms with van der Waals surface area (Å²) >= 11 is 0. The summed E-state index contributed by atoms with van der Waals surface area (Å²) in [5.41, 5.74) is 0.666. The molecule has 0 saturated heterocycles.